The number of nitrogens with zero attached hydrogens (tertiary/aromatic N) is 1. The van der Waals surface area contributed by atoms with Crippen LogP contribution in [-0.2, 0) is 4.79 Å². The number of fused-ring (bicyclic) bond motifs is 1. The maximum Gasteiger partial charge on any atom is 0.265 e. The van der Waals surface area contributed by atoms with E-state index in [1.807, 2.05) is 48.5 Å². The lowest BCUT2D eigenvalue weighted by atomic mass is 9.78. The summed E-state index contributed by atoms with van der Waals surface area (Å²) in [6.07, 6.45) is 0.849. The van der Waals surface area contributed by atoms with E-state index in [0.29, 0.717) is 17.6 Å². The van der Waals surface area contributed by atoms with Gasteiger partial charge in [0, 0.05) is 29.5 Å². The lowest BCUT2D eigenvalue weighted by Crippen LogP contribution is -2.27. The fraction of sp³-hybridized carbons (Fsp3) is 0.250. The second kappa shape index (κ2) is 9.85. The van der Waals surface area contributed by atoms with Crippen molar-refractivity contribution in [3.63, 3.8) is 0 Å². The minimum atomic E-state index is -0.786. The normalized spacial score (nSPS) is 18.6. The molecule has 2 atom stereocenters. The number of allylic oxidation sites excluding steroid dienone is 1. The summed E-state index contributed by atoms with van der Waals surface area (Å²) in [6.45, 7) is 1.88. The van der Waals surface area contributed by atoms with Crippen LogP contribution in [0.25, 0.3) is 0 Å². The summed E-state index contributed by atoms with van der Waals surface area (Å²) in [5.41, 5.74) is 3.62. The number of Topliss-reactive ketones (excluding diaryl/α,β-unsaturated/α-hetero) is 1. The molecule has 1 aliphatic heterocycles. The Hall–Kier alpha value is -4.53. The van der Waals surface area contributed by atoms with Gasteiger partial charge in [-0.25, -0.2) is 0 Å². The maximum absolute atomic E-state index is 13.7. The van der Waals surface area contributed by atoms with Crippen LogP contribution in [0.2, 0.25) is 0 Å². The first-order valence-corrected chi connectivity index (χ1v) is 12.0. The molecule has 3 aromatic rings. The fourth-order valence-electron chi connectivity index (χ4n) is 5.03. The lowest BCUT2D eigenvalue weighted by molar-refractivity contribution is -0.398. The number of carbonyl (C=O) groups is 1. The third-order valence-corrected chi connectivity index (χ3v) is 6.78. The van der Waals surface area contributed by atoms with E-state index in [4.69, 9.17) is 9.47 Å². The van der Waals surface area contributed by atoms with Crippen molar-refractivity contribution in [2.45, 2.75) is 31.7 Å². The van der Waals surface area contributed by atoms with Gasteiger partial charge in [-0.1, -0.05) is 24.3 Å². The van der Waals surface area contributed by atoms with Crippen LogP contribution in [0.1, 0.15) is 42.9 Å². The summed E-state index contributed by atoms with van der Waals surface area (Å²) >= 11 is 0. The molecule has 0 radical (unpaired) electrons. The molecule has 2 aliphatic rings. The van der Waals surface area contributed by atoms with Gasteiger partial charge in [0.05, 0.1) is 36.1 Å². The molecular weight excluding hydrogens is 474 g/mol. The number of hydrogen-bond acceptors (Lipinski definition) is 8. The zero-order valence-corrected chi connectivity index (χ0v) is 20.4. The summed E-state index contributed by atoms with van der Waals surface area (Å²) in [7, 11) is 1.61. The van der Waals surface area contributed by atoms with E-state index in [0.717, 1.165) is 28.4 Å². The minimum absolute atomic E-state index is 0.0482. The van der Waals surface area contributed by atoms with Crippen molar-refractivity contribution in [3.05, 3.63) is 93.2 Å². The van der Waals surface area contributed by atoms with Gasteiger partial charge in [-0.05, 0) is 60.7 Å². The average molecular weight is 501 g/mol. The number of rotatable bonds is 6. The highest BCUT2D eigenvalue weighted by Crippen LogP contribution is 2.46. The number of nitro groups is 1. The second-order valence-electron chi connectivity index (χ2n) is 9.00. The number of ketones is 1. The molecule has 0 amide bonds. The molecule has 37 heavy (non-hydrogen) atoms. The highest BCUT2D eigenvalue weighted by Gasteiger charge is 2.37. The number of hydrogen-bond donors (Lipinski definition) is 2. The number of benzene rings is 3. The molecule has 0 fully saturated rings. The van der Waals surface area contributed by atoms with Gasteiger partial charge in [-0.2, -0.15) is 0 Å². The number of carbonyl (C=O) groups excluding carboxylic acids is 1. The van der Waals surface area contributed by atoms with E-state index >= 15 is 0 Å². The highest BCUT2D eigenvalue weighted by atomic mass is 16.6. The fourth-order valence-corrected chi connectivity index (χ4v) is 5.03. The predicted molar refractivity (Wildman–Crippen MR) is 137 cm³/mol. The first kappa shape index (κ1) is 24.2. The molecule has 3 aromatic carbocycles. The first-order valence-electron chi connectivity index (χ1n) is 12.0. The van der Waals surface area contributed by atoms with Crippen molar-refractivity contribution in [1.82, 2.24) is 0 Å². The Kier molecular flexibility index (Phi) is 6.43. The standard InChI is InChI=1S/C28H27N3O6/c1-3-37-25-15-18(13-23(28(25)33)31(34)35)27-26-22(29-20-6-4-5-7-21(20)30-27)12-17(14-24(26)32)16-8-10-19(36-2)11-9-16/h4-11,13,15,17,27,29-30,33H,3,12,14H2,1-2H3/p-1/t17-,27-/m0/s1. The molecule has 0 saturated heterocycles. The van der Waals surface area contributed by atoms with Gasteiger partial charge in [0.25, 0.3) is 5.69 Å². The van der Waals surface area contributed by atoms with Crippen molar-refractivity contribution in [2.24, 2.45) is 0 Å². The minimum Gasteiger partial charge on any atom is -0.865 e. The maximum atomic E-state index is 13.7. The van der Waals surface area contributed by atoms with Crippen LogP contribution < -0.4 is 25.2 Å². The summed E-state index contributed by atoms with van der Waals surface area (Å²) in [5.74, 6) is -0.281. The van der Waals surface area contributed by atoms with Crippen molar-refractivity contribution in [1.29, 1.82) is 0 Å². The van der Waals surface area contributed by atoms with Crippen molar-refractivity contribution >= 4 is 22.8 Å². The summed E-state index contributed by atoms with van der Waals surface area (Å²) in [6, 6.07) is 17.3. The highest BCUT2D eigenvalue weighted by molar-refractivity contribution is 6.01. The Labute approximate surface area is 213 Å². The Morgan fingerprint density at radius 2 is 1.76 bits per heavy atom. The summed E-state index contributed by atoms with van der Waals surface area (Å²) < 4.78 is 10.7. The number of ether oxygens (including phenoxy) is 2. The monoisotopic (exact) mass is 500 g/mol. The van der Waals surface area contributed by atoms with Gasteiger partial charge < -0.3 is 25.2 Å². The van der Waals surface area contributed by atoms with Gasteiger partial charge in [-0.3, -0.25) is 14.9 Å². The van der Waals surface area contributed by atoms with E-state index in [1.54, 1.807) is 14.0 Å². The Balaban J connectivity index is 1.63. The number of nitro benzene ring substituents is 1. The molecule has 9 heteroatoms. The zero-order chi connectivity index (χ0) is 26.1. The molecule has 1 heterocycles. The zero-order valence-electron chi connectivity index (χ0n) is 20.4. The molecule has 190 valence electrons. The molecule has 2 N–H and O–H groups in total. The number of nitrogens with one attached hydrogen (secondary N) is 2. The number of para-hydroxylation sites is 2. The third-order valence-electron chi connectivity index (χ3n) is 6.78. The van der Waals surface area contributed by atoms with Crippen molar-refractivity contribution in [2.75, 3.05) is 24.4 Å². The number of anilines is 2. The van der Waals surface area contributed by atoms with Crippen LogP contribution in [0, 0.1) is 10.1 Å². The van der Waals surface area contributed by atoms with Crippen LogP contribution in [0.15, 0.2) is 71.9 Å². The quantitative estimate of drug-likeness (QED) is 0.356. The van der Waals surface area contributed by atoms with E-state index in [1.165, 1.54) is 12.1 Å². The van der Waals surface area contributed by atoms with Crippen LogP contribution in [0.5, 0.6) is 17.2 Å². The van der Waals surface area contributed by atoms with Gasteiger partial charge >= 0.3 is 0 Å². The van der Waals surface area contributed by atoms with Gasteiger partial charge in [-0.15, -0.1) is 0 Å². The van der Waals surface area contributed by atoms with E-state index in [9.17, 15) is 20.0 Å². The Bertz CT molecular complexity index is 1400. The van der Waals surface area contributed by atoms with Crippen molar-refractivity contribution < 1.29 is 24.3 Å². The van der Waals surface area contributed by atoms with Crippen LogP contribution >= 0.6 is 0 Å². The summed E-state index contributed by atoms with van der Waals surface area (Å²) in [4.78, 5) is 24.7. The molecule has 0 saturated carbocycles. The molecule has 9 nitrogen and oxygen atoms in total. The van der Waals surface area contributed by atoms with Gasteiger partial charge in [0.15, 0.2) is 5.78 Å². The van der Waals surface area contributed by atoms with Crippen LogP contribution in [-0.4, -0.2) is 24.4 Å². The van der Waals surface area contributed by atoms with Gasteiger partial charge in [0.2, 0.25) is 0 Å². The van der Waals surface area contributed by atoms with Crippen LogP contribution in [0.4, 0.5) is 17.1 Å². The van der Waals surface area contributed by atoms with Crippen LogP contribution in [0.3, 0.4) is 0 Å². The molecule has 0 spiro atoms. The van der Waals surface area contributed by atoms with E-state index < -0.39 is 22.4 Å². The smallest absolute Gasteiger partial charge is 0.265 e. The second-order valence-corrected chi connectivity index (χ2v) is 9.00. The van der Waals surface area contributed by atoms with E-state index in [2.05, 4.69) is 10.6 Å². The summed E-state index contributed by atoms with van der Waals surface area (Å²) in [5, 5.41) is 31.1. The molecule has 5 rings (SSSR count). The topological polar surface area (TPSA) is 126 Å². The molecule has 0 aromatic heterocycles. The van der Waals surface area contributed by atoms with E-state index in [-0.39, 0.29) is 30.5 Å². The molecule has 0 unspecified atom stereocenters. The average Bonchev–Trinajstić information content (AvgIpc) is 3.07. The number of methoxy groups -OCH3 is 1. The molecule has 0 bridgehead atoms. The Morgan fingerprint density at radius 3 is 2.43 bits per heavy atom. The molecular formula is C28H26N3O6-. The first-order chi connectivity index (χ1) is 17.9. The SMILES string of the molecule is CCOc1cc([C@@H]2Nc3ccccc3NC3=C2C(=O)C[C@@H](c2ccc(OC)cc2)C3)cc([N+](=O)[O-])c1[O-]. The largest absolute Gasteiger partial charge is 0.865 e. The lowest BCUT2D eigenvalue weighted by Gasteiger charge is -2.30. The molecule has 1 aliphatic carbocycles. The van der Waals surface area contributed by atoms with Crippen molar-refractivity contribution in [3.8, 4) is 17.2 Å². The third kappa shape index (κ3) is 4.55. The van der Waals surface area contributed by atoms with Gasteiger partial charge in [0.1, 0.15) is 11.5 Å². The Morgan fingerprint density at radius 1 is 1.03 bits per heavy atom. The predicted octanol–water partition coefficient (Wildman–Crippen LogP) is 5.06.